The van der Waals surface area contributed by atoms with E-state index in [0.29, 0.717) is 5.02 Å². The first-order valence-electron chi connectivity index (χ1n) is 9.36. The first kappa shape index (κ1) is 18.3. The topological polar surface area (TPSA) is 62.9 Å². The number of rotatable bonds is 3. The predicted molar refractivity (Wildman–Crippen MR) is 105 cm³/mol. The van der Waals surface area contributed by atoms with Crippen LogP contribution in [0.15, 0.2) is 23.2 Å². The summed E-state index contributed by atoms with van der Waals surface area (Å²) in [5.41, 5.74) is 7.18. The molecule has 1 aliphatic heterocycles. The van der Waals surface area contributed by atoms with Gasteiger partial charge in [-0.3, -0.25) is 0 Å². The van der Waals surface area contributed by atoms with E-state index in [-0.39, 0.29) is 12.1 Å². The molecule has 1 aromatic carbocycles. The van der Waals surface area contributed by atoms with Gasteiger partial charge in [-0.25, -0.2) is 4.99 Å². The third-order valence-corrected chi connectivity index (χ3v) is 5.37. The van der Waals surface area contributed by atoms with Gasteiger partial charge in [-0.05, 0) is 50.3 Å². The average Bonchev–Trinajstić information content (AvgIpc) is 2.64. The smallest absolute Gasteiger partial charge is 0.198 e. The lowest BCUT2D eigenvalue weighted by Gasteiger charge is -2.33. The maximum atomic E-state index is 6.33. The largest absolute Gasteiger partial charge is 0.495 e. The standard InChI is InChI=1S/C19H29ClN4O/c1-25-18-10-9-14(20)13-17(18)23-19(24-11-5-2-6-12-24)22-16-8-4-3-7-15(16)21/h9-10,13,15-16H,2-8,11-12,21H2,1H3,(H,22,23)/t15-,16-/m0/s1. The first-order chi connectivity index (χ1) is 12.2. The Bertz CT molecular complexity index is 601. The zero-order valence-electron chi connectivity index (χ0n) is 15.0. The van der Waals surface area contributed by atoms with Crippen LogP contribution in [-0.4, -0.2) is 43.1 Å². The average molecular weight is 365 g/mol. The number of likely N-dealkylation sites (tertiary alicyclic amines) is 1. The lowest BCUT2D eigenvalue weighted by Crippen LogP contribution is -2.43. The molecule has 1 saturated heterocycles. The van der Waals surface area contributed by atoms with Gasteiger partial charge < -0.3 is 20.7 Å². The number of benzene rings is 1. The summed E-state index contributed by atoms with van der Waals surface area (Å²) in [6.07, 6.45) is 8.22. The molecule has 1 saturated carbocycles. The summed E-state index contributed by atoms with van der Waals surface area (Å²) in [6.45, 7) is 2.05. The van der Waals surface area contributed by atoms with Gasteiger partial charge in [0.15, 0.2) is 5.96 Å². The van der Waals surface area contributed by atoms with Gasteiger partial charge in [-0.2, -0.15) is 0 Å². The normalized spacial score (nSPS) is 24.9. The maximum absolute atomic E-state index is 6.33. The number of halogens is 1. The monoisotopic (exact) mass is 364 g/mol. The van der Waals surface area contributed by atoms with Crippen LogP contribution in [0.25, 0.3) is 0 Å². The van der Waals surface area contributed by atoms with Crippen molar-refractivity contribution in [2.45, 2.75) is 57.0 Å². The molecule has 0 spiro atoms. The minimum absolute atomic E-state index is 0.150. The molecule has 6 heteroatoms. The summed E-state index contributed by atoms with van der Waals surface area (Å²) in [5, 5.41) is 4.16. The Morgan fingerprint density at radius 3 is 2.68 bits per heavy atom. The van der Waals surface area contributed by atoms with E-state index in [2.05, 4.69) is 10.2 Å². The van der Waals surface area contributed by atoms with Crippen molar-refractivity contribution in [1.29, 1.82) is 0 Å². The summed E-state index contributed by atoms with van der Waals surface area (Å²) in [6, 6.07) is 5.94. The molecule has 0 unspecified atom stereocenters. The number of nitrogens with one attached hydrogen (secondary N) is 1. The highest BCUT2D eigenvalue weighted by atomic mass is 35.5. The zero-order chi connectivity index (χ0) is 17.6. The Balaban J connectivity index is 1.86. The molecule has 0 bridgehead atoms. The number of ether oxygens (including phenoxy) is 1. The van der Waals surface area contributed by atoms with Gasteiger partial charge in [0.25, 0.3) is 0 Å². The number of hydrogen-bond donors (Lipinski definition) is 2. The van der Waals surface area contributed by atoms with E-state index in [0.717, 1.165) is 43.3 Å². The van der Waals surface area contributed by atoms with Crippen LogP contribution in [0.5, 0.6) is 5.75 Å². The van der Waals surface area contributed by atoms with Crippen molar-refractivity contribution in [2.75, 3.05) is 25.5 Å². The Hall–Kier alpha value is -1.46. The van der Waals surface area contributed by atoms with Gasteiger partial charge in [-0.1, -0.05) is 24.4 Å². The molecular weight excluding hydrogens is 336 g/mol. The molecule has 25 heavy (non-hydrogen) atoms. The molecule has 3 rings (SSSR count). The molecule has 2 atom stereocenters. The van der Waals surface area contributed by atoms with E-state index in [4.69, 9.17) is 27.1 Å². The Labute approximate surface area is 155 Å². The van der Waals surface area contributed by atoms with Crippen LogP contribution in [0.3, 0.4) is 0 Å². The summed E-state index contributed by atoms with van der Waals surface area (Å²) in [5.74, 6) is 1.67. The van der Waals surface area contributed by atoms with Crippen molar-refractivity contribution in [1.82, 2.24) is 4.90 Å². The molecule has 2 fully saturated rings. The highest BCUT2D eigenvalue weighted by molar-refractivity contribution is 6.31. The van der Waals surface area contributed by atoms with Crippen molar-refractivity contribution in [2.24, 2.45) is 10.7 Å². The van der Waals surface area contributed by atoms with Gasteiger partial charge >= 0.3 is 0 Å². The SMILES string of the molecule is COc1ccc(Cl)cc1NC(=N[C@H]1CCCC[C@@H]1N)N1CCCCC1. The summed E-state index contributed by atoms with van der Waals surface area (Å²) in [4.78, 5) is 7.39. The second-order valence-electron chi connectivity index (χ2n) is 6.99. The van der Waals surface area contributed by atoms with Crippen LogP contribution >= 0.6 is 11.6 Å². The van der Waals surface area contributed by atoms with Crippen LogP contribution in [0.1, 0.15) is 44.9 Å². The number of aliphatic imine (C=N–C) groups is 1. The molecule has 2 aliphatic rings. The summed E-state index contributed by atoms with van der Waals surface area (Å²) < 4.78 is 5.48. The molecular formula is C19H29ClN4O. The lowest BCUT2D eigenvalue weighted by molar-refractivity contribution is 0.331. The van der Waals surface area contributed by atoms with Gasteiger partial charge in [0, 0.05) is 24.2 Å². The molecule has 1 aliphatic carbocycles. The lowest BCUT2D eigenvalue weighted by atomic mass is 9.91. The predicted octanol–water partition coefficient (Wildman–Crippen LogP) is 3.87. The first-order valence-corrected chi connectivity index (χ1v) is 9.74. The van der Waals surface area contributed by atoms with Gasteiger partial charge in [0.05, 0.1) is 18.8 Å². The highest BCUT2D eigenvalue weighted by Gasteiger charge is 2.24. The van der Waals surface area contributed by atoms with Crippen LogP contribution in [0.2, 0.25) is 5.02 Å². The van der Waals surface area contributed by atoms with Gasteiger partial charge in [-0.15, -0.1) is 0 Å². The molecule has 0 aromatic heterocycles. The minimum atomic E-state index is 0.150. The number of piperidine rings is 1. The quantitative estimate of drug-likeness (QED) is 0.631. The maximum Gasteiger partial charge on any atom is 0.198 e. The number of methoxy groups -OCH3 is 1. The van der Waals surface area contributed by atoms with E-state index >= 15 is 0 Å². The number of hydrogen-bond acceptors (Lipinski definition) is 3. The number of nitrogens with two attached hydrogens (primary N) is 1. The van der Waals surface area contributed by atoms with E-state index in [1.165, 1.54) is 32.1 Å². The molecule has 1 heterocycles. The second-order valence-corrected chi connectivity index (χ2v) is 7.42. The second kappa shape index (κ2) is 8.77. The number of nitrogens with zero attached hydrogens (tertiary/aromatic N) is 2. The van der Waals surface area contributed by atoms with Crippen LogP contribution in [0.4, 0.5) is 5.69 Å². The molecule has 1 aromatic rings. The van der Waals surface area contributed by atoms with Crippen molar-refractivity contribution in [3.05, 3.63) is 23.2 Å². The Morgan fingerprint density at radius 1 is 1.20 bits per heavy atom. The van der Waals surface area contributed by atoms with E-state index in [9.17, 15) is 0 Å². The minimum Gasteiger partial charge on any atom is -0.495 e. The third-order valence-electron chi connectivity index (χ3n) is 5.13. The summed E-state index contributed by atoms with van der Waals surface area (Å²) >= 11 is 6.19. The Morgan fingerprint density at radius 2 is 1.96 bits per heavy atom. The van der Waals surface area contributed by atoms with Crippen molar-refractivity contribution in [3.63, 3.8) is 0 Å². The van der Waals surface area contributed by atoms with Crippen LogP contribution < -0.4 is 15.8 Å². The number of anilines is 1. The highest BCUT2D eigenvalue weighted by Crippen LogP contribution is 2.29. The van der Waals surface area contributed by atoms with Gasteiger partial charge in [0.1, 0.15) is 5.75 Å². The number of guanidine groups is 1. The molecule has 0 radical (unpaired) electrons. The zero-order valence-corrected chi connectivity index (χ0v) is 15.8. The molecule has 0 amide bonds. The fourth-order valence-corrected chi connectivity index (χ4v) is 3.83. The van der Waals surface area contributed by atoms with Crippen LogP contribution in [-0.2, 0) is 0 Å². The van der Waals surface area contributed by atoms with Crippen molar-refractivity contribution < 1.29 is 4.74 Å². The third kappa shape index (κ3) is 4.79. The molecule has 5 nitrogen and oxygen atoms in total. The van der Waals surface area contributed by atoms with Crippen molar-refractivity contribution in [3.8, 4) is 5.75 Å². The van der Waals surface area contributed by atoms with E-state index in [1.54, 1.807) is 7.11 Å². The molecule has 3 N–H and O–H groups in total. The fraction of sp³-hybridized carbons (Fsp3) is 0.632. The van der Waals surface area contributed by atoms with E-state index in [1.807, 2.05) is 18.2 Å². The van der Waals surface area contributed by atoms with Crippen LogP contribution in [0, 0.1) is 0 Å². The van der Waals surface area contributed by atoms with Gasteiger partial charge in [0.2, 0.25) is 0 Å². The Kier molecular flexibility index (Phi) is 6.43. The summed E-state index contributed by atoms with van der Waals surface area (Å²) in [7, 11) is 1.67. The van der Waals surface area contributed by atoms with Crippen molar-refractivity contribution >= 4 is 23.2 Å². The van der Waals surface area contributed by atoms with E-state index < -0.39 is 0 Å². The fourth-order valence-electron chi connectivity index (χ4n) is 3.65. The molecule has 138 valence electrons.